The molecule has 0 spiro atoms. The van der Waals surface area contributed by atoms with Gasteiger partial charge in [-0.2, -0.15) is 0 Å². The minimum atomic E-state index is -0.217. The monoisotopic (exact) mass is 160 g/mol. The zero-order chi connectivity index (χ0) is 8.55. The SMILES string of the molecule is O=C1[CH]NC(=O)c2ccccc21. The van der Waals surface area contributed by atoms with Crippen LogP contribution in [0.15, 0.2) is 24.3 Å². The van der Waals surface area contributed by atoms with Crippen LogP contribution in [0.4, 0.5) is 0 Å². The minimum absolute atomic E-state index is 0.148. The molecule has 0 saturated heterocycles. The van der Waals surface area contributed by atoms with Crippen LogP contribution < -0.4 is 5.32 Å². The van der Waals surface area contributed by atoms with Gasteiger partial charge in [-0.3, -0.25) is 9.59 Å². The van der Waals surface area contributed by atoms with E-state index in [0.717, 1.165) is 0 Å². The number of Topliss-reactive ketones (excluding diaryl/α,β-unsaturated/α-hetero) is 1. The van der Waals surface area contributed by atoms with Crippen molar-refractivity contribution in [3.05, 3.63) is 41.9 Å². The molecule has 1 heterocycles. The quantitative estimate of drug-likeness (QED) is 0.609. The molecule has 0 bridgehead atoms. The van der Waals surface area contributed by atoms with Crippen LogP contribution >= 0.6 is 0 Å². The molecule has 3 nitrogen and oxygen atoms in total. The average Bonchev–Trinajstić information content (AvgIpc) is 2.12. The van der Waals surface area contributed by atoms with E-state index in [2.05, 4.69) is 5.32 Å². The van der Waals surface area contributed by atoms with E-state index in [1.807, 2.05) is 0 Å². The van der Waals surface area contributed by atoms with Crippen molar-refractivity contribution in [2.75, 3.05) is 0 Å². The number of benzene rings is 1. The first-order valence-electron chi connectivity index (χ1n) is 3.56. The summed E-state index contributed by atoms with van der Waals surface area (Å²) in [7, 11) is 0. The molecule has 1 radical (unpaired) electrons. The molecule has 1 aromatic carbocycles. The minimum Gasteiger partial charge on any atom is -0.339 e. The molecule has 1 aliphatic heterocycles. The van der Waals surface area contributed by atoms with Gasteiger partial charge in [-0.25, -0.2) is 0 Å². The van der Waals surface area contributed by atoms with E-state index in [1.165, 1.54) is 6.54 Å². The zero-order valence-corrected chi connectivity index (χ0v) is 6.20. The Morgan fingerprint density at radius 3 is 2.33 bits per heavy atom. The first-order valence-corrected chi connectivity index (χ1v) is 3.56. The van der Waals surface area contributed by atoms with Crippen LogP contribution in [0, 0.1) is 6.54 Å². The lowest BCUT2D eigenvalue weighted by Gasteiger charge is -2.13. The predicted molar refractivity (Wildman–Crippen MR) is 42.5 cm³/mol. The molecule has 59 valence electrons. The molecule has 1 amide bonds. The fourth-order valence-corrected chi connectivity index (χ4v) is 1.18. The van der Waals surface area contributed by atoms with Gasteiger partial charge in [-0.1, -0.05) is 18.2 Å². The van der Waals surface area contributed by atoms with Crippen molar-refractivity contribution in [2.45, 2.75) is 0 Å². The smallest absolute Gasteiger partial charge is 0.252 e. The second-order valence-electron chi connectivity index (χ2n) is 2.53. The molecule has 0 aromatic heterocycles. The van der Waals surface area contributed by atoms with E-state index in [-0.39, 0.29) is 11.7 Å². The van der Waals surface area contributed by atoms with Crippen LogP contribution in [0.25, 0.3) is 0 Å². The Morgan fingerprint density at radius 1 is 1.00 bits per heavy atom. The number of rotatable bonds is 0. The van der Waals surface area contributed by atoms with Crippen molar-refractivity contribution < 1.29 is 9.59 Å². The topological polar surface area (TPSA) is 46.2 Å². The van der Waals surface area contributed by atoms with Crippen LogP contribution in [0.5, 0.6) is 0 Å². The summed E-state index contributed by atoms with van der Waals surface area (Å²) in [6.45, 7) is 1.19. The Balaban J connectivity index is 2.62. The lowest BCUT2D eigenvalue weighted by molar-refractivity contribution is 0.0904. The molecule has 0 fully saturated rings. The van der Waals surface area contributed by atoms with Gasteiger partial charge in [0.05, 0.1) is 5.56 Å². The normalized spacial score (nSPS) is 15.3. The van der Waals surface area contributed by atoms with Crippen molar-refractivity contribution in [3.8, 4) is 0 Å². The van der Waals surface area contributed by atoms with Crippen molar-refractivity contribution in [1.29, 1.82) is 0 Å². The highest BCUT2D eigenvalue weighted by atomic mass is 16.2. The molecule has 0 unspecified atom stereocenters. The number of nitrogens with one attached hydrogen (secondary N) is 1. The van der Waals surface area contributed by atoms with Gasteiger partial charge in [-0.15, -0.1) is 0 Å². The van der Waals surface area contributed by atoms with Crippen LogP contribution in [0.1, 0.15) is 20.7 Å². The maximum Gasteiger partial charge on any atom is 0.252 e. The molecule has 2 rings (SSSR count). The molecule has 1 N–H and O–H groups in total. The standard InChI is InChI=1S/C9H6NO2/c11-8-5-10-9(12)7-4-2-1-3-6(7)8/h1-5H,(H,10,12). The fraction of sp³-hybridized carbons (Fsp3) is 0. The number of amides is 1. The molecule has 12 heavy (non-hydrogen) atoms. The van der Waals surface area contributed by atoms with Crippen molar-refractivity contribution in [2.24, 2.45) is 0 Å². The maximum atomic E-state index is 11.2. The summed E-state index contributed by atoms with van der Waals surface area (Å²) in [5, 5.41) is 2.37. The Kier molecular flexibility index (Phi) is 1.43. The first-order chi connectivity index (χ1) is 5.79. The first kappa shape index (κ1) is 7.03. The Labute approximate surface area is 69.4 Å². The zero-order valence-electron chi connectivity index (χ0n) is 6.20. The third-order valence-corrected chi connectivity index (χ3v) is 1.77. The van der Waals surface area contributed by atoms with E-state index in [1.54, 1.807) is 24.3 Å². The van der Waals surface area contributed by atoms with E-state index in [0.29, 0.717) is 11.1 Å². The number of ketones is 1. The highest BCUT2D eigenvalue weighted by Crippen LogP contribution is 2.13. The second-order valence-corrected chi connectivity index (χ2v) is 2.53. The second kappa shape index (κ2) is 2.44. The van der Waals surface area contributed by atoms with Gasteiger partial charge in [0.15, 0.2) is 5.78 Å². The van der Waals surface area contributed by atoms with E-state index in [4.69, 9.17) is 0 Å². The van der Waals surface area contributed by atoms with Crippen molar-refractivity contribution in [3.63, 3.8) is 0 Å². The van der Waals surface area contributed by atoms with Gasteiger partial charge in [0, 0.05) is 5.56 Å². The van der Waals surface area contributed by atoms with Crippen LogP contribution in [-0.2, 0) is 0 Å². The number of carbonyl (C=O) groups excluding carboxylic acids is 2. The summed E-state index contributed by atoms with van der Waals surface area (Å²) in [5.41, 5.74) is 0.922. The molecule has 1 aliphatic rings. The van der Waals surface area contributed by atoms with E-state index in [9.17, 15) is 9.59 Å². The lowest BCUT2D eigenvalue weighted by Crippen LogP contribution is -2.31. The van der Waals surface area contributed by atoms with Crippen molar-refractivity contribution >= 4 is 11.7 Å². The highest BCUT2D eigenvalue weighted by Gasteiger charge is 2.22. The van der Waals surface area contributed by atoms with Crippen LogP contribution in [0.2, 0.25) is 0 Å². The van der Waals surface area contributed by atoms with Crippen LogP contribution in [0.3, 0.4) is 0 Å². The maximum absolute atomic E-state index is 11.2. The third kappa shape index (κ3) is 0.906. The molecular formula is C9H6NO2. The summed E-state index contributed by atoms with van der Waals surface area (Å²) >= 11 is 0. The van der Waals surface area contributed by atoms with Gasteiger partial charge >= 0.3 is 0 Å². The third-order valence-electron chi connectivity index (χ3n) is 1.77. The van der Waals surface area contributed by atoms with E-state index < -0.39 is 0 Å². The van der Waals surface area contributed by atoms with Gasteiger partial charge in [-0.05, 0) is 6.07 Å². The average molecular weight is 160 g/mol. The molecule has 1 aromatic rings. The number of carbonyl (C=O) groups is 2. The number of hydrogen-bond donors (Lipinski definition) is 1. The number of fused-ring (bicyclic) bond motifs is 1. The molecular weight excluding hydrogens is 154 g/mol. The molecule has 0 aliphatic carbocycles. The number of hydrogen-bond acceptors (Lipinski definition) is 2. The largest absolute Gasteiger partial charge is 0.339 e. The summed E-state index contributed by atoms with van der Waals surface area (Å²) < 4.78 is 0. The fourth-order valence-electron chi connectivity index (χ4n) is 1.18. The lowest BCUT2D eigenvalue weighted by atomic mass is 10.00. The van der Waals surface area contributed by atoms with Gasteiger partial charge < -0.3 is 5.32 Å². The van der Waals surface area contributed by atoms with Crippen LogP contribution in [-0.4, -0.2) is 11.7 Å². The summed E-state index contributed by atoms with van der Waals surface area (Å²) in [6.07, 6.45) is 0. The Morgan fingerprint density at radius 2 is 1.67 bits per heavy atom. The summed E-state index contributed by atoms with van der Waals surface area (Å²) in [4.78, 5) is 22.3. The Bertz CT molecular complexity index is 322. The summed E-state index contributed by atoms with van der Waals surface area (Å²) in [6, 6.07) is 6.75. The molecule has 0 saturated carbocycles. The Hall–Kier alpha value is -1.64. The predicted octanol–water partition coefficient (Wildman–Crippen LogP) is 0.774. The van der Waals surface area contributed by atoms with Crippen molar-refractivity contribution in [1.82, 2.24) is 5.32 Å². The van der Waals surface area contributed by atoms with Gasteiger partial charge in [0.25, 0.3) is 5.91 Å². The van der Waals surface area contributed by atoms with Gasteiger partial charge in [0.2, 0.25) is 0 Å². The molecule has 3 heteroatoms. The van der Waals surface area contributed by atoms with E-state index >= 15 is 0 Å². The summed E-state index contributed by atoms with van der Waals surface area (Å²) in [5.74, 6) is -0.365. The molecule has 0 atom stereocenters. The highest BCUT2D eigenvalue weighted by molar-refractivity contribution is 6.16. The van der Waals surface area contributed by atoms with Gasteiger partial charge in [0.1, 0.15) is 6.54 Å².